The van der Waals surface area contributed by atoms with Gasteiger partial charge in [-0.15, -0.1) is 0 Å². The van der Waals surface area contributed by atoms with Crippen molar-refractivity contribution < 1.29 is 0 Å². The van der Waals surface area contributed by atoms with Crippen LogP contribution in [0.1, 0.15) is 11.1 Å². The number of nitriles is 1. The third-order valence-corrected chi connectivity index (χ3v) is 4.01. The van der Waals surface area contributed by atoms with Gasteiger partial charge in [0, 0.05) is 3.57 Å². The topological polar surface area (TPSA) is 23.8 Å². The van der Waals surface area contributed by atoms with Gasteiger partial charge in [-0.1, -0.05) is 48.5 Å². The molecule has 0 bridgehead atoms. The summed E-state index contributed by atoms with van der Waals surface area (Å²) in [6, 6.07) is 24.8. The van der Waals surface area contributed by atoms with E-state index in [9.17, 15) is 5.26 Å². The van der Waals surface area contributed by atoms with Crippen LogP contribution in [0.3, 0.4) is 0 Å². The number of rotatable bonds is 2. The fraction of sp³-hybridized carbons (Fsp3) is 0. The number of nitrogens with zero attached hydrogens (tertiary/aromatic N) is 1. The van der Waals surface area contributed by atoms with Gasteiger partial charge < -0.3 is 0 Å². The summed E-state index contributed by atoms with van der Waals surface area (Å²) in [7, 11) is 0. The predicted octanol–water partition coefficient (Wildman–Crippen LogP) is 5.51. The molecule has 2 heteroatoms. The zero-order chi connectivity index (χ0) is 14.7. The van der Waals surface area contributed by atoms with E-state index in [2.05, 4.69) is 59.0 Å². The van der Waals surface area contributed by atoms with Crippen molar-refractivity contribution in [3.63, 3.8) is 0 Å². The molecule has 0 spiro atoms. The van der Waals surface area contributed by atoms with Crippen LogP contribution < -0.4 is 0 Å². The molecule has 0 saturated heterocycles. The molecule has 3 aromatic rings. The molecule has 0 saturated carbocycles. The normalized spacial score (nSPS) is 11.3. The first-order valence-electron chi connectivity index (χ1n) is 6.63. The van der Waals surface area contributed by atoms with Gasteiger partial charge in [0.25, 0.3) is 0 Å². The van der Waals surface area contributed by atoms with Gasteiger partial charge in [-0.2, -0.15) is 5.26 Å². The van der Waals surface area contributed by atoms with Crippen LogP contribution in [0.2, 0.25) is 0 Å². The molecule has 0 heterocycles. The smallest absolute Gasteiger partial charge is 0.0998 e. The first kappa shape index (κ1) is 13.8. The van der Waals surface area contributed by atoms with Crippen molar-refractivity contribution >= 4 is 45.0 Å². The Balaban J connectivity index is 2.08. The summed E-state index contributed by atoms with van der Waals surface area (Å²) < 4.78 is 1.16. The highest BCUT2D eigenvalue weighted by atomic mass is 127. The van der Waals surface area contributed by atoms with E-state index in [-0.39, 0.29) is 0 Å². The number of hydrogen-bond donors (Lipinski definition) is 0. The van der Waals surface area contributed by atoms with Crippen molar-refractivity contribution in [1.82, 2.24) is 0 Å². The Morgan fingerprint density at radius 1 is 0.905 bits per heavy atom. The zero-order valence-electron chi connectivity index (χ0n) is 11.3. The average Bonchev–Trinajstić information content (AvgIpc) is 2.52. The third-order valence-electron chi connectivity index (χ3n) is 3.34. The molecule has 0 aliphatic carbocycles. The van der Waals surface area contributed by atoms with Gasteiger partial charge in [0.05, 0.1) is 11.6 Å². The number of fused-ring (bicyclic) bond motifs is 1. The standard InChI is InChI=1S/C19H12IN/c20-19-7-3-4-14(11-19)10-18(13-21)17-9-8-15-5-1-2-6-16(15)12-17/h1-12H/b18-10-. The van der Waals surface area contributed by atoms with Crippen LogP contribution >= 0.6 is 22.6 Å². The fourth-order valence-electron chi connectivity index (χ4n) is 2.30. The van der Waals surface area contributed by atoms with E-state index in [4.69, 9.17) is 0 Å². The molecule has 3 rings (SSSR count). The molecule has 0 fully saturated rings. The molecule has 0 aromatic heterocycles. The minimum Gasteiger partial charge on any atom is -0.192 e. The molecule has 0 aliphatic heterocycles. The number of halogens is 1. The van der Waals surface area contributed by atoms with E-state index in [1.165, 1.54) is 5.39 Å². The van der Waals surface area contributed by atoms with Gasteiger partial charge in [0.2, 0.25) is 0 Å². The van der Waals surface area contributed by atoms with Crippen LogP contribution in [0.15, 0.2) is 66.7 Å². The lowest BCUT2D eigenvalue weighted by Gasteiger charge is -2.03. The minimum atomic E-state index is 0.683. The lowest BCUT2D eigenvalue weighted by atomic mass is 10.0. The van der Waals surface area contributed by atoms with Crippen molar-refractivity contribution in [2.24, 2.45) is 0 Å². The number of allylic oxidation sites excluding steroid dienone is 1. The van der Waals surface area contributed by atoms with E-state index in [0.29, 0.717) is 5.57 Å². The summed E-state index contributed by atoms with van der Waals surface area (Å²) in [5, 5.41) is 11.8. The lowest BCUT2D eigenvalue weighted by molar-refractivity contribution is 1.53. The summed E-state index contributed by atoms with van der Waals surface area (Å²) in [4.78, 5) is 0. The van der Waals surface area contributed by atoms with Crippen LogP contribution in [0.4, 0.5) is 0 Å². The zero-order valence-corrected chi connectivity index (χ0v) is 13.4. The largest absolute Gasteiger partial charge is 0.192 e. The lowest BCUT2D eigenvalue weighted by Crippen LogP contribution is -1.83. The highest BCUT2D eigenvalue weighted by molar-refractivity contribution is 14.1. The van der Waals surface area contributed by atoms with Gasteiger partial charge in [-0.05, 0) is 68.8 Å². The molecule has 0 unspecified atom stereocenters. The quantitative estimate of drug-likeness (QED) is 0.326. The summed E-state index contributed by atoms with van der Waals surface area (Å²) >= 11 is 2.28. The van der Waals surface area contributed by atoms with Gasteiger partial charge in [-0.25, -0.2) is 0 Å². The monoisotopic (exact) mass is 381 g/mol. The Bertz CT molecular complexity index is 872. The van der Waals surface area contributed by atoms with E-state index in [1.54, 1.807) is 0 Å². The van der Waals surface area contributed by atoms with Crippen molar-refractivity contribution in [1.29, 1.82) is 5.26 Å². The molecule has 100 valence electrons. The van der Waals surface area contributed by atoms with Crippen LogP contribution in [0.5, 0.6) is 0 Å². The maximum Gasteiger partial charge on any atom is 0.0998 e. The highest BCUT2D eigenvalue weighted by Crippen LogP contribution is 2.23. The van der Waals surface area contributed by atoms with Crippen molar-refractivity contribution in [2.75, 3.05) is 0 Å². The Morgan fingerprint density at radius 2 is 1.71 bits per heavy atom. The molecule has 0 amide bonds. The molecule has 21 heavy (non-hydrogen) atoms. The number of hydrogen-bond acceptors (Lipinski definition) is 1. The van der Waals surface area contributed by atoms with Crippen LogP contribution in [0.25, 0.3) is 22.4 Å². The summed E-state index contributed by atoms with van der Waals surface area (Å²) in [5.41, 5.74) is 2.68. The molecular formula is C19H12IN. The summed E-state index contributed by atoms with van der Waals surface area (Å²) in [5.74, 6) is 0. The summed E-state index contributed by atoms with van der Waals surface area (Å²) in [6.07, 6.45) is 1.94. The van der Waals surface area contributed by atoms with Crippen molar-refractivity contribution in [3.05, 3.63) is 81.4 Å². The molecule has 0 atom stereocenters. The van der Waals surface area contributed by atoms with Crippen molar-refractivity contribution in [3.8, 4) is 6.07 Å². The van der Waals surface area contributed by atoms with E-state index < -0.39 is 0 Å². The molecule has 1 nitrogen and oxygen atoms in total. The van der Waals surface area contributed by atoms with Gasteiger partial charge in [-0.3, -0.25) is 0 Å². The molecule has 0 radical (unpaired) electrons. The molecule has 3 aromatic carbocycles. The number of benzene rings is 3. The fourth-order valence-corrected chi connectivity index (χ4v) is 2.87. The summed E-state index contributed by atoms with van der Waals surface area (Å²) in [6.45, 7) is 0. The predicted molar refractivity (Wildman–Crippen MR) is 96.6 cm³/mol. The van der Waals surface area contributed by atoms with Gasteiger partial charge in [0.15, 0.2) is 0 Å². The highest BCUT2D eigenvalue weighted by Gasteiger charge is 2.03. The van der Waals surface area contributed by atoms with E-state index >= 15 is 0 Å². The van der Waals surface area contributed by atoms with Gasteiger partial charge in [0.1, 0.15) is 0 Å². The minimum absolute atomic E-state index is 0.683. The Kier molecular flexibility index (Phi) is 4.03. The second-order valence-electron chi connectivity index (χ2n) is 4.79. The van der Waals surface area contributed by atoms with Gasteiger partial charge >= 0.3 is 0 Å². The maximum absolute atomic E-state index is 9.46. The second-order valence-corrected chi connectivity index (χ2v) is 6.03. The average molecular weight is 381 g/mol. The van der Waals surface area contributed by atoms with Crippen LogP contribution in [-0.4, -0.2) is 0 Å². The third kappa shape index (κ3) is 3.14. The first-order valence-corrected chi connectivity index (χ1v) is 7.71. The Hall–Kier alpha value is -2.12. The van der Waals surface area contributed by atoms with E-state index in [0.717, 1.165) is 20.1 Å². The van der Waals surface area contributed by atoms with E-state index in [1.807, 2.05) is 42.5 Å². The maximum atomic E-state index is 9.46. The molecule has 0 N–H and O–H groups in total. The molecule has 0 aliphatic rings. The molecular weight excluding hydrogens is 369 g/mol. The second kappa shape index (κ2) is 6.11. The Labute approximate surface area is 137 Å². The van der Waals surface area contributed by atoms with Crippen LogP contribution in [-0.2, 0) is 0 Å². The Morgan fingerprint density at radius 3 is 2.48 bits per heavy atom. The SMILES string of the molecule is N#C/C(=C/c1cccc(I)c1)c1ccc2ccccc2c1. The first-order chi connectivity index (χ1) is 10.3. The van der Waals surface area contributed by atoms with Crippen LogP contribution in [0, 0.1) is 14.9 Å². The van der Waals surface area contributed by atoms with Crippen molar-refractivity contribution in [2.45, 2.75) is 0 Å².